The molecule has 0 atom stereocenters. The normalized spacial score (nSPS) is 10.5. The summed E-state index contributed by atoms with van der Waals surface area (Å²) in [5.41, 5.74) is 1.40. The Morgan fingerprint density at radius 2 is 1.46 bits per heavy atom. The molecule has 2 aromatic carbocycles. The van der Waals surface area contributed by atoms with Gasteiger partial charge in [0, 0.05) is 11.6 Å². The van der Waals surface area contributed by atoms with Gasteiger partial charge in [0.2, 0.25) is 5.75 Å². The van der Waals surface area contributed by atoms with E-state index in [1.165, 1.54) is 27.4 Å². The molecule has 150 valence electrons. The molecule has 0 aliphatic heterocycles. The van der Waals surface area contributed by atoms with Gasteiger partial charge in [0.1, 0.15) is 18.1 Å². The summed E-state index contributed by atoms with van der Waals surface area (Å²) in [6.07, 6.45) is 2.93. The summed E-state index contributed by atoms with van der Waals surface area (Å²) >= 11 is 0. The van der Waals surface area contributed by atoms with Gasteiger partial charge in [0.05, 0.1) is 35.5 Å². The van der Waals surface area contributed by atoms with Crippen molar-refractivity contribution in [2.45, 2.75) is 6.61 Å². The standard InChI is InChI=1S/C21H24O7/c1-23-16-7-8-17(24-2)15(12-16)13-28-20(22)9-6-14-10-18(25-3)21(27-5)19(11-14)26-4/h6-12H,13H2,1-5H3/b9-6+. The second-order valence-electron chi connectivity index (χ2n) is 5.58. The van der Waals surface area contributed by atoms with Crippen LogP contribution >= 0.6 is 0 Å². The van der Waals surface area contributed by atoms with Crippen molar-refractivity contribution in [1.29, 1.82) is 0 Å². The zero-order valence-electron chi connectivity index (χ0n) is 16.6. The Kier molecular flexibility index (Phi) is 7.56. The first-order valence-electron chi connectivity index (χ1n) is 8.42. The Morgan fingerprint density at radius 1 is 0.821 bits per heavy atom. The Bertz CT molecular complexity index is 818. The molecule has 0 aliphatic carbocycles. The molecule has 0 unspecified atom stereocenters. The van der Waals surface area contributed by atoms with Gasteiger partial charge < -0.3 is 28.4 Å². The average Bonchev–Trinajstić information content (AvgIpc) is 2.74. The molecular formula is C21H24O7. The number of carbonyl (C=O) groups excluding carboxylic acids is 1. The average molecular weight is 388 g/mol. The molecule has 2 aromatic rings. The van der Waals surface area contributed by atoms with Crippen LogP contribution in [-0.4, -0.2) is 41.5 Å². The van der Waals surface area contributed by atoms with Crippen molar-refractivity contribution in [3.8, 4) is 28.7 Å². The predicted molar refractivity (Wildman–Crippen MR) is 104 cm³/mol. The lowest BCUT2D eigenvalue weighted by Gasteiger charge is -2.12. The van der Waals surface area contributed by atoms with Crippen molar-refractivity contribution >= 4 is 12.0 Å². The van der Waals surface area contributed by atoms with Crippen LogP contribution in [0.4, 0.5) is 0 Å². The minimum absolute atomic E-state index is 0.0544. The Labute approximate surface area is 164 Å². The molecule has 0 aliphatic rings. The lowest BCUT2D eigenvalue weighted by Crippen LogP contribution is -2.03. The minimum Gasteiger partial charge on any atom is -0.497 e. The predicted octanol–water partition coefficient (Wildman–Crippen LogP) is 3.49. The van der Waals surface area contributed by atoms with Crippen LogP contribution in [0.3, 0.4) is 0 Å². The number of benzene rings is 2. The molecule has 2 rings (SSSR count). The molecule has 0 N–H and O–H groups in total. The molecule has 28 heavy (non-hydrogen) atoms. The van der Waals surface area contributed by atoms with Crippen molar-refractivity contribution < 1.29 is 33.2 Å². The zero-order chi connectivity index (χ0) is 20.5. The molecule has 0 amide bonds. The molecule has 0 heterocycles. The van der Waals surface area contributed by atoms with Crippen LogP contribution in [0.25, 0.3) is 6.08 Å². The summed E-state index contributed by atoms with van der Waals surface area (Å²) in [7, 11) is 7.70. The van der Waals surface area contributed by atoms with Gasteiger partial charge in [0.15, 0.2) is 11.5 Å². The van der Waals surface area contributed by atoms with Gasteiger partial charge in [-0.05, 0) is 42.0 Å². The smallest absolute Gasteiger partial charge is 0.331 e. The van der Waals surface area contributed by atoms with Crippen LogP contribution in [0.15, 0.2) is 36.4 Å². The largest absolute Gasteiger partial charge is 0.497 e. The van der Waals surface area contributed by atoms with Crippen LogP contribution in [0.1, 0.15) is 11.1 Å². The second-order valence-corrected chi connectivity index (χ2v) is 5.58. The fraction of sp³-hybridized carbons (Fsp3) is 0.286. The zero-order valence-corrected chi connectivity index (χ0v) is 16.6. The van der Waals surface area contributed by atoms with E-state index in [4.69, 9.17) is 28.4 Å². The number of esters is 1. The highest BCUT2D eigenvalue weighted by atomic mass is 16.5. The first-order valence-corrected chi connectivity index (χ1v) is 8.42. The van der Waals surface area contributed by atoms with E-state index in [9.17, 15) is 4.79 Å². The van der Waals surface area contributed by atoms with Crippen LogP contribution < -0.4 is 23.7 Å². The Hall–Kier alpha value is -3.35. The summed E-state index contributed by atoms with van der Waals surface area (Å²) in [6.45, 7) is 0.0544. The van der Waals surface area contributed by atoms with E-state index in [-0.39, 0.29) is 6.61 Å². The molecule has 0 spiro atoms. The summed E-state index contributed by atoms with van der Waals surface area (Å²) in [6, 6.07) is 8.75. The van der Waals surface area contributed by atoms with Crippen molar-refractivity contribution in [3.63, 3.8) is 0 Å². The molecule has 0 fully saturated rings. The first kappa shape index (κ1) is 21.0. The van der Waals surface area contributed by atoms with E-state index in [1.54, 1.807) is 50.6 Å². The molecule has 0 saturated heterocycles. The van der Waals surface area contributed by atoms with Crippen LogP contribution in [0.5, 0.6) is 28.7 Å². The highest BCUT2D eigenvalue weighted by Crippen LogP contribution is 2.38. The molecule has 0 radical (unpaired) electrons. The SMILES string of the molecule is COc1ccc(OC)c(COC(=O)/C=C/c2cc(OC)c(OC)c(OC)c2)c1. The molecule has 7 nitrogen and oxygen atoms in total. The Balaban J connectivity index is 2.10. The van der Waals surface area contributed by atoms with Gasteiger partial charge in [-0.1, -0.05) is 0 Å². The van der Waals surface area contributed by atoms with Crippen molar-refractivity contribution in [3.05, 3.63) is 47.5 Å². The highest BCUT2D eigenvalue weighted by Gasteiger charge is 2.12. The Morgan fingerprint density at radius 3 is 2.00 bits per heavy atom. The summed E-state index contributed by atoms with van der Waals surface area (Å²) in [5, 5.41) is 0. The van der Waals surface area contributed by atoms with Gasteiger partial charge in [-0.3, -0.25) is 0 Å². The number of carbonyl (C=O) groups is 1. The maximum Gasteiger partial charge on any atom is 0.331 e. The van der Waals surface area contributed by atoms with Gasteiger partial charge in [-0.25, -0.2) is 4.79 Å². The summed E-state index contributed by atoms with van der Waals surface area (Å²) < 4.78 is 31.6. The lowest BCUT2D eigenvalue weighted by molar-refractivity contribution is -0.138. The monoisotopic (exact) mass is 388 g/mol. The lowest BCUT2D eigenvalue weighted by atomic mass is 10.1. The maximum atomic E-state index is 12.1. The maximum absolute atomic E-state index is 12.1. The van der Waals surface area contributed by atoms with E-state index in [2.05, 4.69) is 0 Å². The molecule has 0 aromatic heterocycles. The van der Waals surface area contributed by atoms with Gasteiger partial charge in [-0.15, -0.1) is 0 Å². The third kappa shape index (κ3) is 5.09. The van der Waals surface area contributed by atoms with E-state index >= 15 is 0 Å². The van der Waals surface area contributed by atoms with Gasteiger partial charge in [-0.2, -0.15) is 0 Å². The minimum atomic E-state index is -0.501. The molecule has 0 bridgehead atoms. The van der Waals surface area contributed by atoms with Crippen molar-refractivity contribution in [1.82, 2.24) is 0 Å². The van der Waals surface area contributed by atoms with Crippen LogP contribution in [0.2, 0.25) is 0 Å². The summed E-state index contributed by atoms with van der Waals surface area (Å²) in [5.74, 6) is 2.24. The quantitative estimate of drug-likeness (QED) is 0.481. The van der Waals surface area contributed by atoms with Gasteiger partial charge in [0.25, 0.3) is 0 Å². The van der Waals surface area contributed by atoms with E-state index < -0.39 is 5.97 Å². The first-order chi connectivity index (χ1) is 13.6. The number of rotatable bonds is 9. The fourth-order valence-corrected chi connectivity index (χ4v) is 2.55. The second kappa shape index (κ2) is 10.1. The number of hydrogen-bond donors (Lipinski definition) is 0. The number of ether oxygens (including phenoxy) is 6. The molecule has 7 heteroatoms. The topological polar surface area (TPSA) is 72.5 Å². The fourth-order valence-electron chi connectivity index (χ4n) is 2.55. The van der Waals surface area contributed by atoms with Crippen molar-refractivity contribution in [2.75, 3.05) is 35.5 Å². The molecular weight excluding hydrogens is 364 g/mol. The molecule has 0 saturated carbocycles. The number of methoxy groups -OCH3 is 5. The number of hydrogen-bond acceptors (Lipinski definition) is 7. The third-order valence-electron chi connectivity index (χ3n) is 3.96. The highest BCUT2D eigenvalue weighted by molar-refractivity contribution is 5.87. The van der Waals surface area contributed by atoms with Crippen LogP contribution in [0, 0.1) is 0 Å². The summed E-state index contributed by atoms with van der Waals surface area (Å²) in [4.78, 5) is 12.1. The van der Waals surface area contributed by atoms with E-state index in [0.717, 1.165) is 0 Å². The van der Waals surface area contributed by atoms with Gasteiger partial charge >= 0.3 is 5.97 Å². The van der Waals surface area contributed by atoms with Crippen molar-refractivity contribution in [2.24, 2.45) is 0 Å². The van der Waals surface area contributed by atoms with Crippen LogP contribution in [-0.2, 0) is 16.1 Å². The third-order valence-corrected chi connectivity index (χ3v) is 3.96. The van der Waals surface area contributed by atoms with E-state index in [1.807, 2.05) is 0 Å². The van der Waals surface area contributed by atoms with E-state index in [0.29, 0.717) is 39.9 Å².